The summed E-state index contributed by atoms with van der Waals surface area (Å²) < 4.78 is 40.6. The smallest absolute Gasteiger partial charge is 0.463 e. The molecule has 14 heteroatoms. The van der Waals surface area contributed by atoms with E-state index >= 15 is 0 Å². The molecule has 3 aromatic rings. The molecule has 0 aliphatic rings. The van der Waals surface area contributed by atoms with E-state index in [1.54, 1.807) is 6.92 Å². The number of unbranched alkanes of at least 4 members (excludes halogenated alkanes) is 2. The third-order valence-electron chi connectivity index (χ3n) is 6.48. The second kappa shape index (κ2) is 20.8. The van der Waals surface area contributed by atoms with Crippen LogP contribution in [0.25, 0.3) is 0 Å². The molecule has 14 nitrogen and oxygen atoms in total. The molecule has 0 radical (unpaired) electrons. The van der Waals surface area contributed by atoms with E-state index in [0.717, 1.165) is 12.2 Å². The van der Waals surface area contributed by atoms with Gasteiger partial charge in [-0.15, -0.1) is 0 Å². The molecule has 3 aromatic carbocycles. The minimum Gasteiger partial charge on any atom is -0.463 e. The van der Waals surface area contributed by atoms with Gasteiger partial charge in [-0.3, -0.25) is 0 Å². The Hall–Kier alpha value is -6.44. The van der Waals surface area contributed by atoms with Crippen LogP contribution < -0.4 is 18.9 Å². The van der Waals surface area contributed by atoms with Crippen molar-refractivity contribution in [2.45, 2.75) is 32.6 Å². The maximum absolute atomic E-state index is 12.7. The molecule has 0 aromatic heterocycles. The summed E-state index contributed by atoms with van der Waals surface area (Å²) in [4.78, 5) is 71.2. The summed E-state index contributed by atoms with van der Waals surface area (Å²) in [6, 6.07) is 15.7. The van der Waals surface area contributed by atoms with Crippen LogP contribution in [0.2, 0.25) is 0 Å². The lowest BCUT2D eigenvalue weighted by atomic mass is 10.1. The predicted octanol–water partition coefficient (Wildman–Crippen LogP) is 6.48. The zero-order valence-corrected chi connectivity index (χ0v) is 27.8. The Bertz CT molecular complexity index is 1690. The topological polar surface area (TPSA) is 176 Å². The number of aryl methyl sites for hydroxylation is 1. The highest BCUT2D eigenvalue weighted by molar-refractivity contribution is 5.93. The van der Waals surface area contributed by atoms with Crippen LogP contribution in [0.15, 0.2) is 92.0 Å². The van der Waals surface area contributed by atoms with Gasteiger partial charge in [0.15, 0.2) is 0 Å². The minimum absolute atomic E-state index is 0.0650. The molecule has 0 saturated heterocycles. The van der Waals surface area contributed by atoms with Crippen LogP contribution in [0.1, 0.15) is 52.0 Å². The fraction of sp³-hybridized carbons (Fsp3) is 0.243. The zero-order chi connectivity index (χ0) is 37.0. The molecule has 268 valence electrons. The van der Waals surface area contributed by atoms with Crippen molar-refractivity contribution in [1.29, 1.82) is 0 Å². The fourth-order valence-corrected chi connectivity index (χ4v) is 3.88. The van der Waals surface area contributed by atoms with Crippen molar-refractivity contribution in [3.8, 4) is 23.0 Å². The van der Waals surface area contributed by atoms with Gasteiger partial charge in [0.05, 0.1) is 37.6 Å². The molecule has 0 unspecified atom stereocenters. The van der Waals surface area contributed by atoms with Crippen molar-refractivity contribution in [2.24, 2.45) is 0 Å². The Morgan fingerprint density at radius 1 is 0.510 bits per heavy atom. The minimum atomic E-state index is -0.929. The maximum atomic E-state index is 12.7. The van der Waals surface area contributed by atoms with Crippen molar-refractivity contribution in [1.82, 2.24) is 0 Å². The molecule has 51 heavy (non-hydrogen) atoms. The van der Waals surface area contributed by atoms with Gasteiger partial charge in [0, 0.05) is 12.2 Å². The second-order valence-corrected chi connectivity index (χ2v) is 10.3. The summed E-state index contributed by atoms with van der Waals surface area (Å²) in [5.41, 5.74) is 0.858. The third-order valence-corrected chi connectivity index (χ3v) is 6.48. The number of carbonyl (C=O) groups excluding carboxylic acids is 6. The molecular weight excluding hydrogens is 668 g/mol. The lowest BCUT2D eigenvalue weighted by molar-refractivity contribution is -0.138. The first-order chi connectivity index (χ1) is 24.6. The van der Waals surface area contributed by atoms with Crippen LogP contribution >= 0.6 is 0 Å². The molecule has 0 atom stereocenters. The number of carbonyl (C=O) groups is 6. The molecule has 0 fully saturated rings. The Morgan fingerprint density at radius 2 is 0.902 bits per heavy atom. The van der Waals surface area contributed by atoms with Crippen molar-refractivity contribution in [3.63, 3.8) is 0 Å². The average molecular weight is 705 g/mol. The number of hydrogen-bond donors (Lipinski definition) is 0. The zero-order valence-electron chi connectivity index (χ0n) is 27.8. The molecular formula is C37H36O14. The molecule has 0 bridgehead atoms. The lowest BCUT2D eigenvalue weighted by Crippen LogP contribution is -2.13. The van der Waals surface area contributed by atoms with Gasteiger partial charge in [0.2, 0.25) is 0 Å². The van der Waals surface area contributed by atoms with E-state index in [2.05, 4.69) is 13.2 Å². The average Bonchev–Trinajstić information content (AvgIpc) is 3.12. The van der Waals surface area contributed by atoms with E-state index in [-0.39, 0.29) is 60.6 Å². The summed E-state index contributed by atoms with van der Waals surface area (Å²) in [5, 5.41) is 0. The van der Waals surface area contributed by atoms with E-state index in [0.29, 0.717) is 31.2 Å². The van der Waals surface area contributed by atoms with Crippen molar-refractivity contribution < 1.29 is 66.7 Å². The van der Waals surface area contributed by atoms with Crippen LogP contribution in [0.5, 0.6) is 23.0 Å². The monoisotopic (exact) mass is 704 g/mol. The first-order valence-corrected chi connectivity index (χ1v) is 15.6. The summed E-state index contributed by atoms with van der Waals surface area (Å²) in [6.07, 6.45) is 2.19. The molecule has 0 aliphatic heterocycles. The fourth-order valence-electron chi connectivity index (χ4n) is 3.88. The van der Waals surface area contributed by atoms with E-state index < -0.39 is 36.2 Å². The van der Waals surface area contributed by atoms with Gasteiger partial charge in [0.25, 0.3) is 0 Å². The number of rotatable bonds is 18. The van der Waals surface area contributed by atoms with Gasteiger partial charge >= 0.3 is 36.2 Å². The van der Waals surface area contributed by atoms with Gasteiger partial charge in [-0.05, 0) is 105 Å². The molecule has 3 rings (SSSR count). The van der Waals surface area contributed by atoms with E-state index in [9.17, 15) is 28.8 Å². The quantitative estimate of drug-likeness (QED) is 0.0351. The molecule has 0 spiro atoms. The first-order valence-electron chi connectivity index (χ1n) is 15.6. The molecule has 0 saturated carbocycles. The Kier molecular flexibility index (Phi) is 15.9. The summed E-state index contributed by atoms with van der Waals surface area (Å²) >= 11 is 0. The van der Waals surface area contributed by atoms with Crippen molar-refractivity contribution >= 4 is 36.2 Å². The van der Waals surface area contributed by atoms with Crippen LogP contribution in [0.4, 0.5) is 9.59 Å². The number of hydrogen-bond acceptors (Lipinski definition) is 14. The van der Waals surface area contributed by atoms with Crippen molar-refractivity contribution in [2.75, 3.05) is 26.4 Å². The van der Waals surface area contributed by atoms with Crippen LogP contribution in [0.3, 0.4) is 0 Å². The number of ether oxygens (including phenoxy) is 8. The van der Waals surface area contributed by atoms with E-state index in [1.807, 2.05) is 0 Å². The van der Waals surface area contributed by atoms with Gasteiger partial charge in [0.1, 0.15) is 23.0 Å². The highest BCUT2D eigenvalue weighted by atomic mass is 16.7. The summed E-state index contributed by atoms with van der Waals surface area (Å²) in [6.45, 7) is 8.74. The number of esters is 4. The molecule has 0 N–H and O–H groups in total. The maximum Gasteiger partial charge on any atom is 0.513 e. The van der Waals surface area contributed by atoms with Gasteiger partial charge in [-0.1, -0.05) is 13.2 Å². The third kappa shape index (κ3) is 14.3. The number of benzene rings is 3. The van der Waals surface area contributed by atoms with Gasteiger partial charge in [-0.2, -0.15) is 0 Å². The summed E-state index contributed by atoms with van der Waals surface area (Å²) in [5.74, 6) is -1.69. The Labute approximate surface area is 293 Å². The van der Waals surface area contributed by atoms with E-state index in [1.165, 1.54) is 66.7 Å². The van der Waals surface area contributed by atoms with E-state index in [4.69, 9.17) is 37.9 Å². The Balaban J connectivity index is 1.40. The largest absolute Gasteiger partial charge is 0.513 e. The summed E-state index contributed by atoms with van der Waals surface area (Å²) in [7, 11) is 0. The SMILES string of the molecule is C=CC(=O)OCCCCOC(=O)Oc1ccc(OC(=O)c2ccc(OC(=O)c3ccc(OC(=O)OCCCCOC(=O)C=C)cc3)c(C)c2)cc1. The second-order valence-electron chi connectivity index (χ2n) is 10.3. The normalized spacial score (nSPS) is 10.1. The lowest BCUT2D eigenvalue weighted by Gasteiger charge is -2.10. The standard InChI is InChI=1S/C37H36O14/c1-4-32(38)44-20-6-8-22-46-36(42)49-29-13-10-26(11-14-29)34(40)51-31-19-12-27(24-25(31)3)35(41)48-28-15-17-30(18-16-28)50-37(43)47-23-9-7-21-45-33(39)5-2/h4-5,10-19,24H,1-2,6-9,20-23H2,3H3. The molecule has 0 heterocycles. The highest BCUT2D eigenvalue weighted by Gasteiger charge is 2.16. The Morgan fingerprint density at radius 3 is 1.35 bits per heavy atom. The van der Waals surface area contributed by atoms with Crippen LogP contribution in [-0.2, 0) is 28.5 Å². The molecule has 0 aliphatic carbocycles. The van der Waals surface area contributed by atoms with Crippen LogP contribution in [0, 0.1) is 6.92 Å². The van der Waals surface area contributed by atoms with Crippen molar-refractivity contribution in [3.05, 3.63) is 109 Å². The first kappa shape index (κ1) is 39.0. The highest BCUT2D eigenvalue weighted by Crippen LogP contribution is 2.24. The predicted molar refractivity (Wildman–Crippen MR) is 179 cm³/mol. The van der Waals surface area contributed by atoms with Crippen LogP contribution in [-0.4, -0.2) is 62.6 Å². The van der Waals surface area contributed by atoms with Gasteiger partial charge in [-0.25, -0.2) is 28.8 Å². The van der Waals surface area contributed by atoms with Gasteiger partial charge < -0.3 is 37.9 Å². The molecule has 0 amide bonds.